The summed E-state index contributed by atoms with van der Waals surface area (Å²) in [5.74, 6) is 0.467. The van der Waals surface area contributed by atoms with E-state index in [1.165, 1.54) is 0 Å². The van der Waals surface area contributed by atoms with Gasteiger partial charge in [0.2, 0.25) is 0 Å². The average molecular weight is 302 g/mol. The number of thiol groups is 1. The van der Waals surface area contributed by atoms with Crippen molar-refractivity contribution in [2.75, 3.05) is 12.4 Å². The summed E-state index contributed by atoms with van der Waals surface area (Å²) in [6.07, 6.45) is -0.180. The Hall–Kier alpha value is 0.512. The molecule has 0 amide bonds. The second-order valence-corrected chi connectivity index (χ2v) is 12.2. The van der Waals surface area contributed by atoms with Gasteiger partial charge in [-0.3, -0.25) is 0 Å². The van der Waals surface area contributed by atoms with E-state index in [-0.39, 0.29) is 23.7 Å². The zero-order chi connectivity index (χ0) is 15.1. The summed E-state index contributed by atoms with van der Waals surface area (Å²) in [5, 5.41) is 9.73. The summed E-state index contributed by atoms with van der Waals surface area (Å²) in [6, 6.07) is -0.497. The van der Waals surface area contributed by atoms with Crippen LogP contribution in [0.1, 0.15) is 27.7 Å². The van der Waals surface area contributed by atoms with Gasteiger partial charge in [-0.25, -0.2) is 0 Å². The van der Waals surface area contributed by atoms with Crippen LogP contribution in [0.15, 0.2) is 0 Å². The summed E-state index contributed by atoms with van der Waals surface area (Å²) in [5.41, 5.74) is -0.685. The van der Waals surface area contributed by atoms with E-state index >= 15 is 0 Å². The first-order valence-corrected chi connectivity index (χ1v) is 10.4. The Labute approximate surface area is 125 Å². The highest BCUT2D eigenvalue weighted by molar-refractivity contribution is 7.80. The van der Waals surface area contributed by atoms with Gasteiger partial charge in [0.05, 0.1) is 12.7 Å². The Bertz CT molecular complexity index is 316. The van der Waals surface area contributed by atoms with E-state index in [1.54, 1.807) is 0 Å². The maximum Gasteiger partial charge on any atom is 0.192 e. The third-order valence-electron chi connectivity index (χ3n) is 4.79. The number of aliphatic hydroxyl groups excluding tert-OH is 1. The lowest BCUT2D eigenvalue weighted by molar-refractivity contribution is -0.0505. The van der Waals surface area contributed by atoms with Gasteiger partial charge in [-0.2, -0.15) is 12.6 Å². The second-order valence-electron chi connectivity index (χ2n) is 7.09. The van der Waals surface area contributed by atoms with E-state index in [9.17, 15) is 5.11 Å². The molecule has 1 aliphatic rings. The molecule has 6 heteroatoms. The summed E-state index contributed by atoms with van der Waals surface area (Å²) >= 11 is 4.31. The summed E-state index contributed by atoms with van der Waals surface area (Å²) < 4.78 is 12.2. The first-order valence-electron chi connectivity index (χ1n) is 6.84. The minimum atomic E-state index is -1.91. The maximum absolute atomic E-state index is 9.61. The highest BCUT2D eigenvalue weighted by atomic mass is 32.1. The maximum atomic E-state index is 9.61. The molecule has 1 unspecified atom stereocenters. The highest BCUT2D eigenvalue weighted by Crippen LogP contribution is 2.43. The molecular weight excluding hydrogens is 275 g/mol. The Morgan fingerprint density at radius 2 is 1.95 bits per heavy atom. The molecule has 0 aromatic heterocycles. The average Bonchev–Trinajstić information content (AvgIpc) is 2.52. The molecule has 110 valence electrons. The van der Waals surface area contributed by atoms with Crippen LogP contribution >= 0.6 is 12.6 Å². The van der Waals surface area contributed by atoms with Crippen LogP contribution in [-0.2, 0) is 9.16 Å². The van der Waals surface area contributed by atoms with Crippen molar-refractivity contribution < 1.29 is 14.3 Å². The first-order chi connectivity index (χ1) is 8.50. The van der Waals surface area contributed by atoms with Crippen LogP contribution < -0.4 is 0 Å². The van der Waals surface area contributed by atoms with E-state index in [0.717, 1.165) is 0 Å². The molecule has 3 nitrogen and oxygen atoms in total. The van der Waals surface area contributed by atoms with E-state index < -0.39 is 19.9 Å². The number of ether oxygens (including phenoxy) is 1. The first kappa shape index (κ1) is 17.6. The van der Waals surface area contributed by atoms with E-state index in [4.69, 9.17) is 17.0 Å². The van der Waals surface area contributed by atoms with Crippen molar-refractivity contribution in [2.24, 2.45) is 5.92 Å². The van der Waals surface area contributed by atoms with Crippen LogP contribution in [0, 0.1) is 5.92 Å². The molecule has 1 rings (SSSR count). The lowest BCUT2D eigenvalue weighted by Gasteiger charge is -2.40. The van der Waals surface area contributed by atoms with Crippen molar-refractivity contribution in [1.29, 1.82) is 0 Å². The molecular formula is C13H27BO3SSi. The van der Waals surface area contributed by atoms with Gasteiger partial charge < -0.3 is 14.3 Å². The Balaban J connectivity index is 2.91. The van der Waals surface area contributed by atoms with Crippen LogP contribution in [-0.4, -0.2) is 51.3 Å². The Kier molecular flexibility index (Phi) is 5.28. The number of aliphatic hydroxyl groups is 1. The van der Waals surface area contributed by atoms with Crippen LogP contribution in [0.25, 0.3) is 0 Å². The minimum Gasteiger partial charge on any atom is -0.412 e. The lowest BCUT2D eigenvalue weighted by Crippen LogP contribution is -2.49. The fourth-order valence-electron chi connectivity index (χ4n) is 2.13. The molecule has 0 aromatic carbocycles. The molecule has 1 saturated heterocycles. The lowest BCUT2D eigenvalue weighted by atomic mass is 9.84. The number of rotatable bonds is 4. The van der Waals surface area contributed by atoms with Crippen molar-refractivity contribution in [3.8, 4) is 0 Å². The Morgan fingerprint density at radius 3 is 2.26 bits per heavy atom. The van der Waals surface area contributed by atoms with Gasteiger partial charge in [0.1, 0.15) is 13.4 Å². The normalized spacial score (nSPS) is 36.7. The molecule has 1 aliphatic heterocycles. The molecule has 1 fully saturated rings. The van der Waals surface area contributed by atoms with Gasteiger partial charge in [0.25, 0.3) is 0 Å². The molecule has 2 radical (unpaired) electrons. The van der Waals surface area contributed by atoms with Gasteiger partial charge in [-0.05, 0) is 18.1 Å². The minimum absolute atomic E-state index is 0.0270. The predicted octanol–water partition coefficient (Wildman–Crippen LogP) is 2.20. The zero-order valence-electron chi connectivity index (χ0n) is 12.9. The van der Waals surface area contributed by atoms with Crippen molar-refractivity contribution in [2.45, 2.75) is 63.5 Å². The van der Waals surface area contributed by atoms with Gasteiger partial charge in [-0.1, -0.05) is 27.7 Å². The molecule has 1 N–H and O–H groups in total. The van der Waals surface area contributed by atoms with Crippen LogP contribution in [0.2, 0.25) is 18.1 Å². The predicted molar refractivity (Wildman–Crippen MR) is 85.5 cm³/mol. The SMILES string of the molecule is [B][C@@H]1O[C@@](CO)(CS)[C@H](C)C1O[Si](C)(C)C(C)(C)C. The van der Waals surface area contributed by atoms with Crippen molar-refractivity contribution >= 4 is 28.8 Å². The summed E-state index contributed by atoms with van der Waals surface area (Å²) in [4.78, 5) is 0. The fourth-order valence-corrected chi connectivity index (χ4v) is 3.96. The Morgan fingerprint density at radius 1 is 1.42 bits per heavy atom. The summed E-state index contributed by atoms with van der Waals surface area (Å²) in [6.45, 7) is 12.9. The molecule has 1 heterocycles. The molecule has 0 aromatic rings. The van der Waals surface area contributed by atoms with Gasteiger partial charge >= 0.3 is 0 Å². The largest absolute Gasteiger partial charge is 0.412 e. The molecule has 19 heavy (non-hydrogen) atoms. The monoisotopic (exact) mass is 302 g/mol. The number of hydrogen-bond acceptors (Lipinski definition) is 4. The van der Waals surface area contributed by atoms with Gasteiger partial charge in [-0.15, -0.1) is 0 Å². The number of hydrogen-bond donors (Lipinski definition) is 2. The van der Waals surface area contributed by atoms with Crippen molar-refractivity contribution in [1.82, 2.24) is 0 Å². The van der Waals surface area contributed by atoms with Crippen molar-refractivity contribution in [3.63, 3.8) is 0 Å². The molecule has 0 bridgehead atoms. The van der Waals surface area contributed by atoms with E-state index in [1.807, 2.05) is 6.92 Å². The third-order valence-corrected chi connectivity index (χ3v) is 9.80. The smallest absolute Gasteiger partial charge is 0.192 e. The summed E-state index contributed by atoms with van der Waals surface area (Å²) in [7, 11) is 4.17. The van der Waals surface area contributed by atoms with Crippen LogP contribution in [0.5, 0.6) is 0 Å². The van der Waals surface area contributed by atoms with Crippen LogP contribution in [0.3, 0.4) is 0 Å². The van der Waals surface area contributed by atoms with Crippen LogP contribution in [0.4, 0.5) is 0 Å². The quantitative estimate of drug-likeness (QED) is 0.618. The third kappa shape index (κ3) is 3.23. The molecule has 4 atom stereocenters. The van der Waals surface area contributed by atoms with Gasteiger partial charge in [0.15, 0.2) is 8.32 Å². The standard InChI is InChI=1S/C13H27BO3SSi/c1-9-10(17-19(5,6)12(2,3)4)11(14)16-13(9,7-15)8-18/h9-11,15,18H,7-8H2,1-6H3/t9-,10?,11-,13+/m1/s1. The zero-order valence-corrected chi connectivity index (χ0v) is 14.8. The van der Waals surface area contributed by atoms with Gasteiger partial charge in [0, 0.05) is 17.7 Å². The highest BCUT2D eigenvalue weighted by Gasteiger charge is 2.53. The van der Waals surface area contributed by atoms with E-state index in [2.05, 4.69) is 46.5 Å². The van der Waals surface area contributed by atoms with Crippen molar-refractivity contribution in [3.05, 3.63) is 0 Å². The topological polar surface area (TPSA) is 38.7 Å². The molecule has 0 saturated carbocycles. The second kappa shape index (κ2) is 5.72. The molecule has 0 spiro atoms. The fraction of sp³-hybridized carbons (Fsp3) is 1.00. The molecule has 0 aliphatic carbocycles. The van der Waals surface area contributed by atoms with E-state index in [0.29, 0.717) is 5.75 Å².